The number of nitrogens with one attached hydrogen (secondary N) is 1. The van der Waals surface area contributed by atoms with Gasteiger partial charge in [-0.1, -0.05) is 29.8 Å². The third kappa shape index (κ3) is 2.88. The van der Waals surface area contributed by atoms with Crippen LogP contribution in [0.25, 0.3) is 0 Å². The topological polar surface area (TPSA) is 55.2 Å². The van der Waals surface area contributed by atoms with Gasteiger partial charge in [0.15, 0.2) is 0 Å². The predicted molar refractivity (Wildman–Crippen MR) is 76.6 cm³/mol. The number of hydrogen-bond donors (Lipinski definition) is 1. The Kier molecular flexibility index (Phi) is 4.20. The lowest BCUT2D eigenvalue weighted by molar-refractivity contribution is -0.385. The third-order valence-corrected chi connectivity index (χ3v) is 3.29. The maximum Gasteiger partial charge on any atom is 0.274 e. The molecule has 0 amide bonds. The number of nitro benzene ring substituents is 1. The van der Waals surface area contributed by atoms with Gasteiger partial charge in [0.05, 0.1) is 9.95 Å². The zero-order chi connectivity index (χ0) is 14.7. The molecular weight excluding hydrogens is 283 g/mol. The maximum atomic E-state index is 13.7. The van der Waals surface area contributed by atoms with Crippen molar-refractivity contribution in [3.8, 4) is 0 Å². The number of anilines is 1. The van der Waals surface area contributed by atoms with E-state index in [4.69, 9.17) is 11.6 Å². The van der Waals surface area contributed by atoms with Gasteiger partial charge in [0.25, 0.3) is 5.69 Å². The molecule has 0 aliphatic carbocycles. The number of nitrogens with zero attached hydrogens (tertiary/aromatic N) is 1. The minimum absolute atomic E-state index is 0.0292. The Bertz CT molecular complexity index is 662. The Morgan fingerprint density at radius 3 is 2.70 bits per heavy atom. The van der Waals surface area contributed by atoms with Crippen molar-refractivity contribution < 1.29 is 9.31 Å². The second kappa shape index (κ2) is 5.88. The van der Waals surface area contributed by atoms with E-state index in [-0.39, 0.29) is 17.3 Å². The second-order valence-corrected chi connectivity index (χ2v) is 4.68. The van der Waals surface area contributed by atoms with E-state index in [0.29, 0.717) is 16.8 Å². The molecular formula is C14H12ClFN2O2. The molecule has 0 saturated carbocycles. The van der Waals surface area contributed by atoms with Crippen molar-refractivity contribution in [2.75, 3.05) is 5.32 Å². The van der Waals surface area contributed by atoms with Crippen molar-refractivity contribution in [3.63, 3.8) is 0 Å². The summed E-state index contributed by atoms with van der Waals surface area (Å²) in [5, 5.41) is 13.9. The van der Waals surface area contributed by atoms with E-state index in [1.54, 1.807) is 31.2 Å². The van der Waals surface area contributed by atoms with Crippen LogP contribution in [-0.2, 0) is 6.54 Å². The van der Waals surface area contributed by atoms with Gasteiger partial charge in [-0.05, 0) is 19.1 Å². The van der Waals surface area contributed by atoms with Crippen molar-refractivity contribution in [1.82, 2.24) is 0 Å². The van der Waals surface area contributed by atoms with Crippen LogP contribution in [0.2, 0.25) is 5.02 Å². The first-order valence-electron chi connectivity index (χ1n) is 5.91. The lowest BCUT2D eigenvalue weighted by Crippen LogP contribution is -2.04. The molecule has 0 radical (unpaired) electrons. The highest BCUT2D eigenvalue weighted by molar-refractivity contribution is 6.30. The number of hydrogen-bond acceptors (Lipinski definition) is 3. The molecule has 2 rings (SSSR count). The van der Waals surface area contributed by atoms with E-state index in [1.807, 2.05) is 0 Å². The molecule has 20 heavy (non-hydrogen) atoms. The summed E-state index contributed by atoms with van der Waals surface area (Å²) in [6, 6.07) is 9.47. The van der Waals surface area contributed by atoms with Crippen molar-refractivity contribution >= 4 is 23.0 Å². The zero-order valence-corrected chi connectivity index (χ0v) is 11.4. The monoisotopic (exact) mass is 294 g/mol. The predicted octanol–water partition coefficient (Wildman–Crippen LogP) is 4.31. The lowest BCUT2D eigenvalue weighted by Gasteiger charge is -2.10. The molecule has 0 aromatic heterocycles. The molecule has 2 aromatic rings. The van der Waals surface area contributed by atoms with Gasteiger partial charge in [-0.25, -0.2) is 4.39 Å². The van der Waals surface area contributed by atoms with E-state index >= 15 is 0 Å². The fourth-order valence-corrected chi connectivity index (χ4v) is 2.08. The summed E-state index contributed by atoms with van der Waals surface area (Å²) in [6.07, 6.45) is 0. The first-order chi connectivity index (χ1) is 9.50. The van der Waals surface area contributed by atoms with E-state index in [9.17, 15) is 14.5 Å². The Morgan fingerprint density at radius 2 is 2.00 bits per heavy atom. The van der Waals surface area contributed by atoms with Crippen molar-refractivity contribution in [1.29, 1.82) is 0 Å². The van der Waals surface area contributed by atoms with Gasteiger partial charge in [-0.15, -0.1) is 0 Å². The quantitative estimate of drug-likeness (QED) is 0.675. The van der Waals surface area contributed by atoms with Gasteiger partial charge in [0, 0.05) is 29.4 Å². The van der Waals surface area contributed by atoms with Gasteiger partial charge in [0.1, 0.15) is 5.82 Å². The SMILES string of the molecule is Cc1c(NCc2cccc(Cl)c2F)cccc1[N+](=O)[O-]. The molecule has 0 heterocycles. The Balaban J connectivity index is 2.21. The number of rotatable bonds is 4. The summed E-state index contributed by atoms with van der Waals surface area (Å²) in [7, 11) is 0. The average Bonchev–Trinajstić information content (AvgIpc) is 2.41. The normalized spacial score (nSPS) is 10.3. The highest BCUT2D eigenvalue weighted by atomic mass is 35.5. The molecule has 0 atom stereocenters. The third-order valence-electron chi connectivity index (χ3n) is 3.00. The standard InChI is InChI=1S/C14H12ClFN2O2/c1-9-12(6-3-7-13(9)18(19)20)17-8-10-4-2-5-11(15)14(10)16/h2-7,17H,8H2,1H3. The zero-order valence-electron chi connectivity index (χ0n) is 10.7. The summed E-state index contributed by atoms with van der Waals surface area (Å²) in [5.41, 5.74) is 1.54. The van der Waals surface area contributed by atoms with Crippen LogP contribution in [0, 0.1) is 22.9 Å². The molecule has 0 fully saturated rings. The fourth-order valence-electron chi connectivity index (χ4n) is 1.89. The summed E-state index contributed by atoms with van der Waals surface area (Å²) in [5.74, 6) is -0.482. The summed E-state index contributed by atoms with van der Waals surface area (Å²) in [4.78, 5) is 10.4. The number of halogens is 2. The first kappa shape index (κ1) is 14.3. The molecule has 0 unspecified atom stereocenters. The minimum Gasteiger partial charge on any atom is -0.380 e. The van der Waals surface area contributed by atoms with E-state index < -0.39 is 10.7 Å². The van der Waals surface area contributed by atoms with Gasteiger partial charge >= 0.3 is 0 Å². The molecule has 1 N–H and O–H groups in total. The molecule has 2 aromatic carbocycles. The Labute approximate surface area is 120 Å². The van der Waals surface area contributed by atoms with Gasteiger partial charge < -0.3 is 5.32 Å². The van der Waals surface area contributed by atoms with E-state index in [2.05, 4.69) is 5.32 Å². The molecule has 0 saturated heterocycles. The van der Waals surface area contributed by atoms with Crippen LogP contribution >= 0.6 is 11.6 Å². The van der Waals surface area contributed by atoms with E-state index in [1.165, 1.54) is 12.1 Å². The van der Waals surface area contributed by atoms with Crippen molar-refractivity contribution in [2.24, 2.45) is 0 Å². The van der Waals surface area contributed by atoms with Crippen LogP contribution in [0.15, 0.2) is 36.4 Å². The van der Waals surface area contributed by atoms with Crippen LogP contribution in [0.5, 0.6) is 0 Å². The highest BCUT2D eigenvalue weighted by Crippen LogP contribution is 2.26. The molecule has 0 aliphatic rings. The van der Waals surface area contributed by atoms with Gasteiger partial charge in [-0.2, -0.15) is 0 Å². The summed E-state index contributed by atoms with van der Waals surface area (Å²) in [6.45, 7) is 1.85. The van der Waals surface area contributed by atoms with Crippen LogP contribution in [0.4, 0.5) is 15.8 Å². The fraction of sp³-hybridized carbons (Fsp3) is 0.143. The van der Waals surface area contributed by atoms with Crippen LogP contribution in [0.3, 0.4) is 0 Å². The number of benzene rings is 2. The molecule has 4 nitrogen and oxygen atoms in total. The van der Waals surface area contributed by atoms with Crippen LogP contribution in [0.1, 0.15) is 11.1 Å². The summed E-state index contributed by atoms with van der Waals surface area (Å²) >= 11 is 5.70. The van der Waals surface area contributed by atoms with Crippen LogP contribution < -0.4 is 5.32 Å². The largest absolute Gasteiger partial charge is 0.380 e. The molecule has 6 heteroatoms. The smallest absolute Gasteiger partial charge is 0.274 e. The lowest BCUT2D eigenvalue weighted by atomic mass is 10.1. The molecule has 0 spiro atoms. The van der Waals surface area contributed by atoms with E-state index in [0.717, 1.165) is 0 Å². The molecule has 0 aliphatic heterocycles. The molecule has 0 bridgehead atoms. The van der Waals surface area contributed by atoms with Crippen molar-refractivity contribution in [2.45, 2.75) is 13.5 Å². The Hall–Kier alpha value is -2.14. The van der Waals surface area contributed by atoms with Crippen LogP contribution in [-0.4, -0.2) is 4.92 Å². The van der Waals surface area contributed by atoms with Gasteiger partial charge in [-0.3, -0.25) is 10.1 Å². The summed E-state index contributed by atoms with van der Waals surface area (Å²) < 4.78 is 13.7. The Morgan fingerprint density at radius 1 is 1.30 bits per heavy atom. The average molecular weight is 295 g/mol. The second-order valence-electron chi connectivity index (χ2n) is 4.27. The maximum absolute atomic E-state index is 13.7. The van der Waals surface area contributed by atoms with Crippen molar-refractivity contribution in [3.05, 3.63) is 68.5 Å². The minimum atomic E-state index is -0.482. The number of nitro groups is 1. The first-order valence-corrected chi connectivity index (χ1v) is 6.29. The highest BCUT2D eigenvalue weighted by Gasteiger charge is 2.13. The molecule has 104 valence electrons. The van der Waals surface area contributed by atoms with Gasteiger partial charge in [0.2, 0.25) is 0 Å².